The van der Waals surface area contributed by atoms with Crippen molar-refractivity contribution in [3.05, 3.63) is 0 Å². The van der Waals surface area contributed by atoms with Crippen molar-refractivity contribution >= 4 is 5.91 Å². The summed E-state index contributed by atoms with van der Waals surface area (Å²) in [5, 5.41) is 6.30. The molecule has 3 nitrogen and oxygen atoms in total. The molecule has 17 heavy (non-hydrogen) atoms. The lowest BCUT2D eigenvalue weighted by Crippen LogP contribution is -2.46. The first-order valence-electron chi connectivity index (χ1n) is 6.89. The van der Waals surface area contributed by atoms with E-state index in [1.54, 1.807) is 0 Å². The van der Waals surface area contributed by atoms with Crippen molar-refractivity contribution in [2.24, 2.45) is 5.41 Å². The van der Waals surface area contributed by atoms with Crippen molar-refractivity contribution in [1.29, 1.82) is 0 Å². The van der Waals surface area contributed by atoms with Crippen LogP contribution in [0, 0.1) is 5.41 Å². The fourth-order valence-corrected chi connectivity index (χ4v) is 2.68. The molecule has 1 saturated carbocycles. The molecule has 0 atom stereocenters. The smallest absolute Gasteiger partial charge is 0.234 e. The lowest BCUT2D eigenvalue weighted by molar-refractivity contribution is -0.121. The normalized spacial score (nSPS) is 19.3. The van der Waals surface area contributed by atoms with Crippen LogP contribution in [0.25, 0.3) is 0 Å². The first-order valence-corrected chi connectivity index (χ1v) is 6.89. The summed E-state index contributed by atoms with van der Waals surface area (Å²) in [5.41, 5.74) is 0.330. The molecule has 0 aromatic carbocycles. The number of carbonyl (C=O) groups excluding carboxylic acids is 1. The van der Waals surface area contributed by atoms with E-state index >= 15 is 0 Å². The van der Waals surface area contributed by atoms with E-state index in [-0.39, 0.29) is 11.4 Å². The third-order valence-electron chi connectivity index (χ3n) is 3.71. The Balaban J connectivity index is 2.25. The Morgan fingerprint density at radius 2 is 1.82 bits per heavy atom. The average molecular weight is 240 g/mol. The van der Waals surface area contributed by atoms with Gasteiger partial charge in [0.1, 0.15) is 0 Å². The number of carbonyl (C=O) groups is 1. The maximum Gasteiger partial charge on any atom is 0.234 e. The maximum atomic E-state index is 11.7. The number of amides is 1. The van der Waals surface area contributed by atoms with Gasteiger partial charge in [0.15, 0.2) is 0 Å². The molecule has 0 aliphatic heterocycles. The molecule has 0 saturated heterocycles. The van der Waals surface area contributed by atoms with Gasteiger partial charge in [-0.1, -0.05) is 19.8 Å². The highest BCUT2D eigenvalue weighted by molar-refractivity contribution is 5.78. The lowest BCUT2D eigenvalue weighted by Gasteiger charge is -2.28. The van der Waals surface area contributed by atoms with Gasteiger partial charge in [-0.2, -0.15) is 0 Å². The quantitative estimate of drug-likeness (QED) is 0.775. The number of hydrogen-bond acceptors (Lipinski definition) is 2. The van der Waals surface area contributed by atoms with Gasteiger partial charge in [-0.25, -0.2) is 0 Å². The van der Waals surface area contributed by atoms with E-state index in [0.29, 0.717) is 12.0 Å². The molecule has 0 unspecified atom stereocenters. The predicted octanol–water partition coefficient (Wildman–Crippen LogP) is 2.46. The van der Waals surface area contributed by atoms with Crippen LogP contribution in [-0.4, -0.2) is 24.5 Å². The third-order valence-corrected chi connectivity index (χ3v) is 3.71. The van der Waals surface area contributed by atoms with Crippen molar-refractivity contribution < 1.29 is 4.79 Å². The Bertz CT molecular complexity index is 249. The molecule has 1 aliphatic rings. The number of hydrogen-bond donors (Lipinski definition) is 2. The molecule has 1 fully saturated rings. The zero-order chi connectivity index (χ0) is 12.9. The highest BCUT2D eigenvalue weighted by Crippen LogP contribution is 2.40. The Hall–Kier alpha value is -0.570. The van der Waals surface area contributed by atoms with Crippen LogP contribution in [0.3, 0.4) is 0 Å². The SMILES string of the molecule is CCC1(CNCC(=O)NC(C)(C)C)CCCC1. The third kappa shape index (κ3) is 5.07. The monoisotopic (exact) mass is 240 g/mol. The van der Waals surface area contributed by atoms with E-state index in [0.717, 1.165) is 6.54 Å². The molecule has 0 bridgehead atoms. The van der Waals surface area contributed by atoms with Gasteiger partial charge in [0.25, 0.3) is 0 Å². The van der Waals surface area contributed by atoms with E-state index in [1.807, 2.05) is 20.8 Å². The molecule has 1 rings (SSSR count). The summed E-state index contributed by atoms with van der Waals surface area (Å²) in [7, 11) is 0. The lowest BCUT2D eigenvalue weighted by atomic mass is 9.83. The van der Waals surface area contributed by atoms with Crippen molar-refractivity contribution in [2.45, 2.75) is 65.3 Å². The minimum absolute atomic E-state index is 0.0988. The summed E-state index contributed by atoms with van der Waals surface area (Å²) in [4.78, 5) is 11.7. The maximum absolute atomic E-state index is 11.7. The van der Waals surface area contributed by atoms with Crippen LogP contribution in [0.1, 0.15) is 59.8 Å². The first kappa shape index (κ1) is 14.5. The second kappa shape index (κ2) is 5.85. The van der Waals surface area contributed by atoms with Crippen LogP contribution in [0.4, 0.5) is 0 Å². The van der Waals surface area contributed by atoms with Crippen molar-refractivity contribution in [3.63, 3.8) is 0 Å². The van der Waals surface area contributed by atoms with Gasteiger partial charge in [0, 0.05) is 12.1 Å². The summed E-state index contributed by atoms with van der Waals surface area (Å²) < 4.78 is 0. The zero-order valence-corrected chi connectivity index (χ0v) is 11.9. The Morgan fingerprint density at radius 1 is 1.24 bits per heavy atom. The summed E-state index contributed by atoms with van der Waals surface area (Å²) in [6.45, 7) is 9.72. The molecule has 0 spiro atoms. The molecule has 100 valence electrons. The molecule has 1 amide bonds. The second-order valence-electron chi connectivity index (χ2n) is 6.46. The molecule has 0 aromatic rings. The fraction of sp³-hybridized carbons (Fsp3) is 0.929. The minimum atomic E-state index is -0.130. The highest BCUT2D eigenvalue weighted by Gasteiger charge is 2.31. The van der Waals surface area contributed by atoms with Gasteiger partial charge in [0.2, 0.25) is 5.91 Å². The molecular weight excluding hydrogens is 212 g/mol. The van der Waals surface area contributed by atoms with Gasteiger partial charge < -0.3 is 10.6 Å². The zero-order valence-electron chi connectivity index (χ0n) is 11.9. The average Bonchev–Trinajstić information content (AvgIpc) is 2.64. The number of rotatable bonds is 5. The van der Waals surface area contributed by atoms with Crippen LogP contribution in [0.2, 0.25) is 0 Å². The molecular formula is C14H28N2O. The van der Waals surface area contributed by atoms with Crippen LogP contribution < -0.4 is 10.6 Å². The van der Waals surface area contributed by atoms with Gasteiger partial charge in [-0.3, -0.25) is 4.79 Å². The molecule has 3 heteroatoms. The van der Waals surface area contributed by atoms with Crippen LogP contribution in [0.15, 0.2) is 0 Å². The topological polar surface area (TPSA) is 41.1 Å². The summed E-state index contributed by atoms with van der Waals surface area (Å²) in [6.07, 6.45) is 6.56. The summed E-state index contributed by atoms with van der Waals surface area (Å²) >= 11 is 0. The first-order chi connectivity index (χ1) is 7.87. The van der Waals surface area contributed by atoms with Crippen LogP contribution in [-0.2, 0) is 4.79 Å². The standard InChI is InChI=1S/C14H28N2O/c1-5-14(8-6-7-9-14)11-15-10-12(17)16-13(2,3)4/h15H,5-11H2,1-4H3,(H,16,17). The highest BCUT2D eigenvalue weighted by atomic mass is 16.2. The predicted molar refractivity (Wildman–Crippen MR) is 72.0 cm³/mol. The van der Waals surface area contributed by atoms with E-state index in [2.05, 4.69) is 17.6 Å². The molecule has 2 N–H and O–H groups in total. The molecule has 0 heterocycles. The van der Waals surface area contributed by atoms with Gasteiger partial charge in [-0.05, 0) is 45.4 Å². The second-order valence-corrected chi connectivity index (χ2v) is 6.46. The molecule has 1 aliphatic carbocycles. The van der Waals surface area contributed by atoms with Crippen LogP contribution >= 0.6 is 0 Å². The van der Waals surface area contributed by atoms with Gasteiger partial charge in [-0.15, -0.1) is 0 Å². The van der Waals surface area contributed by atoms with E-state index in [4.69, 9.17) is 0 Å². The summed E-state index contributed by atoms with van der Waals surface area (Å²) in [6, 6.07) is 0. The Labute approximate surface area is 106 Å². The Kier molecular flexibility index (Phi) is 4.99. The summed E-state index contributed by atoms with van der Waals surface area (Å²) in [5.74, 6) is 0.0988. The van der Waals surface area contributed by atoms with E-state index in [1.165, 1.54) is 32.1 Å². The van der Waals surface area contributed by atoms with Gasteiger partial charge in [0.05, 0.1) is 6.54 Å². The molecule has 0 radical (unpaired) electrons. The number of nitrogens with one attached hydrogen (secondary N) is 2. The van der Waals surface area contributed by atoms with E-state index < -0.39 is 0 Å². The van der Waals surface area contributed by atoms with Gasteiger partial charge >= 0.3 is 0 Å². The largest absolute Gasteiger partial charge is 0.350 e. The van der Waals surface area contributed by atoms with Crippen molar-refractivity contribution in [2.75, 3.05) is 13.1 Å². The minimum Gasteiger partial charge on any atom is -0.350 e. The molecule has 0 aromatic heterocycles. The van der Waals surface area contributed by atoms with E-state index in [9.17, 15) is 4.79 Å². The van der Waals surface area contributed by atoms with Crippen molar-refractivity contribution in [3.8, 4) is 0 Å². The fourth-order valence-electron chi connectivity index (χ4n) is 2.68. The van der Waals surface area contributed by atoms with Crippen molar-refractivity contribution in [1.82, 2.24) is 10.6 Å². The Morgan fingerprint density at radius 3 is 2.29 bits per heavy atom. The van der Waals surface area contributed by atoms with Crippen LogP contribution in [0.5, 0.6) is 0 Å².